The fraction of sp³-hybridized carbons (Fsp3) is 0.0667. The molecule has 0 spiro atoms. The van der Waals surface area contributed by atoms with Crippen molar-refractivity contribution in [2.24, 2.45) is 0 Å². The normalized spacial score (nSPS) is 11.9. The van der Waals surface area contributed by atoms with Gasteiger partial charge in [-0.2, -0.15) is 0 Å². The Bertz CT molecular complexity index is 883. The van der Waals surface area contributed by atoms with E-state index in [1.54, 1.807) is 61.5 Å². The van der Waals surface area contributed by atoms with Gasteiger partial charge in [0.2, 0.25) is 0 Å². The van der Waals surface area contributed by atoms with E-state index < -0.39 is 10.0 Å². The van der Waals surface area contributed by atoms with Gasteiger partial charge in [-0.25, -0.2) is 12.4 Å². The summed E-state index contributed by atoms with van der Waals surface area (Å²) in [4.78, 5) is 0.264. The molecular weight excluding hydrogens is 294 g/mol. The summed E-state index contributed by atoms with van der Waals surface area (Å²) in [5.74, 6) is 0. The number of halogens is 1. The third-order valence-corrected chi connectivity index (χ3v) is 5.37. The van der Waals surface area contributed by atoms with Gasteiger partial charge in [0.1, 0.15) is 0 Å². The average Bonchev–Trinajstić information content (AvgIpc) is 2.78. The van der Waals surface area contributed by atoms with Crippen molar-refractivity contribution in [1.82, 2.24) is 3.97 Å². The van der Waals surface area contributed by atoms with Crippen LogP contribution >= 0.6 is 11.6 Å². The molecule has 3 aromatic rings. The third-order valence-electron chi connectivity index (χ3n) is 3.20. The predicted molar refractivity (Wildman–Crippen MR) is 80.7 cm³/mol. The Morgan fingerprint density at radius 2 is 1.70 bits per heavy atom. The van der Waals surface area contributed by atoms with Crippen molar-refractivity contribution >= 4 is 32.5 Å². The fourth-order valence-electron chi connectivity index (χ4n) is 2.32. The number of nitrogens with zero attached hydrogens (tertiary/aromatic N) is 1. The molecule has 102 valence electrons. The van der Waals surface area contributed by atoms with Crippen LogP contribution in [0.25, 0.3) is 10.9 Å². The zero-order chi connectivity index (χ0) is 14.3. The summed E-state index contributed by atoms with van der Waals surface area (Å²) in [7, 11) is -3.61. The van der Waals surface area contributed by atoms with Crippen LogP contribution in [0, 0.1) is 6.92 Å². The highest BCUT2D eigenvalue weighted by molar-refractivity contribution is 7.90. The molecule has 0 N–H and O–H groups in total. The molecule has 0 aliphatic rings. The molecule has 0 saturated heterocycles. The standard InChI is InChI=1S/C15H12ClNO2S/c1-11-10-13-14(16)8-5-9-15(13)17(11)20(18,19)12-6-3-2-4-7-12/h2-10H,1H3. The van der Waals surface area contributed by atoms with Crippen molar-refractivity contribution < 1.29 is 8.42 Å². The molecule has 0 amide bonds. The molecule has 0 bridgehead atoms. The minimum Gasteiger partial charge on any atom is -0.238 e. The van der Waals surface area contributed by atoms with Crippen LogP contribution < -0.4 is 0 Å². The molecule has 2 aromatic carbocycles. The smallest absolute Gasteiger partial charge is 0.238 e. The molecule has 3 nitrogen and oxygen atoms in total. The average molecular weight is 306 g/mol. The van der Waals surface area contributed by atoms with E-state index in [9.17, 15) is 8.42 Å². The molecular formula is C15H12ClNO2S. The van der Waals surface area contributed by atoms with Gasteiger partial charge in [0.25, 0.3) is 10.0 Å². The molecule has 1 heterocycles. The minimum atomic E-state index is -3.61. The maximum atomic E-state index is 12.8. The molecule has 0 saturated carbocycles. The molecule has 20 heavy (non-hydrogen) atoms. The summed E-state index contributed by atoms with van der Waals surface area (Å²) in [5, 5.41) is 1.29. The van der Waals surface area contributed by atoms with Gasteiger partial charge in [-0.05, 0) is 37.3 Å². The van der Waals surface area contributed by atoms with Crippen molar-refractivity contribution in [3.8, 4) is 0 Å². The Morgan fingerprint density at radius 3 is 2.40 bits per heavy atom. The Hall–Kier alpha value is -1.78. The van der Waals surface area contributed by atoms with Crippen LogP contribution in [0.5, 0.6) is 0 Å². The van der Waals surface area contributed by atoms with Gasteiger partial charge < -0.3 is 0 Å². The van der Waals surface area contributed by atoms with Crippen LogP contribution in [-0.2, 0) is 10.0 Å². The summed E-state index contributed by atoms with van der Waals surface area (Å²) in [6.45, 7) is 1.76. The van der Waals surface area contributed by atoms with Crippen molar-refractivity contribution in [3.63, 3.8) is 0 Å². The van der Waals surface area contributed by atoms with E-state index in [0.29, 0.717) is 16.2 Å². The van der Waals surface area contributed by atoms with E-state index in [4.69, 9.17) is 11.6 Å². The highest BCUT2D eigenvalue weighted by atomic mass is 35.5. The van der Waals surface area contributed by atoms with Crippen LogP contribution in [-0.4, -0.2) is 12.4 Å². The second-order valence-electron chi connectivity index (χ2n) is 4.54. The van der Waals surface area contributed by atoms with E-state index in [2.05, 4.69) is 0 Å². The maximum Gasteiger partial charge on any atom is 0.268 e. The quantitative estimate of drug-likeness (QED) is 0.721. The highest BCUT2D eigenvalue weighted by Gasteiger charge is 2.21. The Kier molecular flexibility index (Phi) is 3.07. The Labute approximate surface area is 122 Å². The number of aryl methyl sites for hydroxylation is 1. The van der Waals surface area contributed by atoms with E-state index in [1.807, 2.05) is 0 Å². The van der Waals surface area contributed by atoms with E-state index >= 15 is 0 Å². The first kappa shape index (κ1) is 13.2. The number of rotatable bonds is 2. The van der Waals surface area contributed by atoms with E-state index in [-0.39, 0.29) is 4.90 Å². The number of hydrogen-bond donors (Lipinski definition) is 0. The molecule has 0 fully saturated rings. The molecule has 0 aliphatic carbocycles. The van der Waals surface area contributed by atoms with Crippen LogP contribution in [0.2, 0.25) is 5.02 Å². The van der Waals surface area contributed by atoms with Gasteiger partial charge in [-0.1, -0.05) is 35.9 Å². The molecule has 3 rings (SSSR count). The van der Waals surface area contributed by atoms with Crippen LogP contribution in [0.15, 0.2) is 59.5 Å². The number of benzene rings is 2. The molecule has 0 atom stereocenters. The third kappa shape index (κ3) is 1.92. The monoisotopic (exact) mass is 305 g/mol. The minimum absolute atomic E-state index is 0.264. The number of aromatic nitrogens is 1. The van der Waals surface area contributed by atoms with Crippen molar-refractivity contribution in [2.45, 2.75) is 11.8 Å². The molecule has 0 radical (unpaired) electrons. The molecule has 5 heteroatoms. The zero-order valence-electron chi connectivity index (χ0n) is 10.7. The summed E-state index contributed by atoms with van der Waals surface area (Å²) < 4.78 is 26.9. The Morgan fingerprint density at radius 1 is 1.00 bits per heavy atom. The lowest BCUT2D eigenvalue weighted by molar-refractivity contribution is 0.588. The van der Waals surface area contributed by atoms with Crippen molar-refractivity contribution in [3.05, 3.63) is 65.3 Å². The van der Waals surface area contributed by atoms with Crippen LogP contribution in [0.1, 0.15) is 5.69 Å². The van der Waals surface area contributed by atoms with E-state index in [1.165, 1.54) is 3.97 Å². The van der Waals surface area contributed by atoms with Gasteiger partial charge in [-0.15, -0.1) is 0 Å². The highest BCUT2D eigenvalue weighted by Crippen LogP contribution is 2.29. The van der Waals surface area contributed by atoms with Gasteiger partial charge in [0.05, 0.1) is 10.4 Å². The first-order chi connectivity index (χ1) is 9.51. The van der Waals surface area contributed by atoms with Crippen molar-refractivity contribution in [2.75, 3.05) is 0 Å². The van der Waals surface area contributed by atoms with Gasteiger partial charge in [0, 0.05) is 16.1 Å². The fourth-order valence-corrected chi connectivity index (χ4v) is 4.11. The maximum absolute atomic E-state index is 12.8. The second-order valence-corrected chi connectivity index (χ2v) is 6.73. The molecule has 0 unspecified atom stereocenters. The van der Waals surface area contributed by atoms with Crippen LogP contribution in [0.3, 0.4) is 0 Å². The van der Waals surface area contributed by atoms with Crippen LogP contribution in [0.4, 0.5) is 0 Å². The largest absolute Gasteiger partial charge is 0.268 e. The Balaban J connectivity index is 2.36. The summed E-state index contributed by atoms with van der Waals surface area (Å²) >= 11 is 6.13. The van der Waals surface area contributed by atoms with Gasteiger partial charge >= 0.3 is 0 Å². The summed E-state index contributed by atoms with van der Waals surface area (Å²) in [6, 6.07) is 15.4. The summed E-state index contributed by atoms with van der Waals surface area (Å²) in [5.41, 5.74) is 1.23. The second kappa shape index (κ2) is 4.65. The van der Waals surface area contributed by atoms with Gasteiger partial charge in [-0.3, -0.25) is 0 Å². The predicted octanol–water partition coefficient (Wildman–Crippen LogP) is 3.84. The lowest BCUT2D eigenvalue weighted by Crippen LogP contribution is -2.14. The lowest BCUT2D eigenvalue weighted by atomic mass is 10.2. The SMILES string of the molecule is Cc1cc2c(Cl)cccc2n1S(=O)(=O)c1ccccc1. The number of fused-ring (bicyclic) bond motifs is 1. The van der Waals surface area contributed by atoms with Crippen molar-refractivity contribution in [1.29, 1.82) is 0 Å². The van der Waals surface area contributed by atoms with E-state index in [0.717, 1.165) is 5.39 Å². The lowest BCUT2D eigenvalue weighted by Gasteiger charge is -2.09. The zero-order valence-corrected chi connectivity index (χ0v) is 12.3. The van der Waals surface area contributed by atoms with Gasteiger partial charge in [0.15, 0.2) is 0 Å². The topological polar surface area (TPSA) is 39.1 Å². The molecule has 1 aromatic heterocycles. The first-order valence-electron chi connectivity index (χ1n) is 6.09. The number of hydrogen-bond acceptors (Lipinski definition) is 2. The molecule has 0 aliphatic heterocycles. The summed E-state index contributed by atoms with van der Waals surface area (Å²) in [6.07, 6.45) is 0. The first-order valence-corrected chi connectivity index (χ1v) is 7.91.